The number of hydrogen-bond donors (Lipinski definition) is 3. The number of aromatic nitrogens is 4. The molecule has 0 aliphatic heterocycles. The smallest absolute Gasteiger partial charge is 0.183 e. The summed E-state index contributed by atoms with van der Waals surface area (Å²) in [6, 6.07) is 0. The monoisotopic (exact) mass is 192 g/mol. The first kappa shape index (κ1) is 8.89. The highest BCUT2D eigenvalue weighted by Gasteiger charge is 2.05. The third-order valence-corrected chi connectivity index (χ3v) is 1.91. The van der Waals surface area contributed by atoms with Crippen molar-refractivity contribution < 1.29 is 0 Å². The van der Waals surface area contributed by atoms with Crippen molar-refractivity contribution in [2.45, 2.75) is 13.5 Å². The molecule has 0 aliphatic rings. The molecule has 0 aliphatic carbocycles. The molecule has 6 nitrogen and oxygen atoms in total. The van der Waals surface area contributed by atoms with Crippen molar-refractivity contribution in [2.24, 2.45) is 0 Å². The number of nitrogens with two attached hydrogens (primary N) is 1. The fourth-order valence-electron chi connectivity index (χ4n) is 1.22. The Labute approximate surface area is 81.0 Å². The average molecular weight is 192 g/mol. The number of rotatable bonds is 3. The Morgan fingerprint density at radius 2 is 2.36 bits per heavy atom. The topological polar surface area (TPSA) is 92.5 Å². The van der Waals surface area contributed by atoms with Crippen LogP contribution in [-0.2, 0) is 6.54 Å². The van der Waals surface area contributed by atoms with E-state index in [1.165, 1.54) is 6.33 Å². The van der Waals surface area contributed by atoms with Crippen molar-refractivity contribution in [3.8, 4) is 0 Å². The van der Waals surface area contributed by atoms with Gasteiger partial charge in [0.25, 0.3) is 0 Å². The Morgan fingerprint density at radius 3 is 3.07 bits per heavy atom. The van der Waals surface area contributed by atoms with Gasteiger partial charge in [0.05, 0.1) is 6.54 Å². The first-order valence-corrected chi connectivity index (χ1v) is 4.47. The van der Waals surface area contributed by atoms with Crippen LogP contribution in [0, 0.1) is 0 Å². The molecule has 14 heavy (non-hydrogen) atoms. The van der Waals surface area contributed by atoms with Gasteiger partial charge in [-0.15, -0.1) is 0 Å². The summed E-state index contributed by atoms with van der Waals surface area (Å²) in [5, 5.41) is 3.16. The van der Waals surface area contributed by atoms with E-state index in [0.717, 1.165) is 12.4 Å². The molecule has 74 valence electrons. The molecule has 0 saturated heterocycles. The summed E-state index contributed by atoms with van der Waals surface area (Å²) in [6.07, 6.45) is 1.41. The third kappa shape index (κ3) is 1.51. The van der Waals surface area contributed by atoms with E-state index >= 15 is 0 Å². The molecule has 0 unspecified atom stereocenters. The Kier molecular flexibility index (Phi) is 2.28. The van der Waals surface area contributed by atoms with Crippen molar-refractivity contribution in [1.82, 2.24) is 25.3 Å². The minimum atomic E-state index is 0.435. The predicted molar refractivity (Wildman–Crippen MR) is 53.5 cm³/mol. The van der Waals surface area contributed by atoms with E-state index in [1.54, 1.807) is 0 Å². The molecule has 0 radical (unpaired) electrons. The van der Waals surface area contributed by atoms with Gasteiger partial charge in [-0.1, -0.05) is 6.92 Å². The maximum Gasteiger partial charge on any atom is 0.183 e. The van der Waals surface area contributed by atoms with Crippen LogP contribution in [0.3, 0.4) is 0 Å². The number of nitrogens with zero attached hydrogens (tertiary/aromatic N) is 3. The van der Waals surface area contributed by atoms with Crippen molar-refractivity contribution in [3.63, 3.8) is 0 Å². The van der Waals surface area contributed by atoms with Gasteiger partial charge in [0.1, 0.15) is 17.7 Å². The molecule has 2 aromatic rings. The lowest BCUT2D eigenvalue weighted by Gasteiger charge is -1.94. The Balaban J connectivity index is 2.36. The molecule has 0 atom stereocenters. The van der Waals surface area contributed by atoms with E-state index in [1.807, 2.05) is 6.92 Å². The molecule has 6 heteroatoms. The van der Waals surface area contributed by atoms with Crippen LogP contribution < -0.4 is 11.1 Å². The Bertz CT molecular complexity index is 434. The highest BCUT2D eigenvalue weighted by Crippen LogP contribution is 2.12. The zero-order valence-corrected chi connectivity index (χ0v) is 7.91. The van der Waals surface area contributed by atoms with Gasteiger partial charge in [0.2, 0.25) is 0 Å². The molecule has 0 saturated carbocycles. The number of hydrogen-bond acceptors (Lipinski definition) is 5. The molecule has 0 fully saturated rings. The van der Waals surface area contributed by atoms with E-state index in [0.29, 0.717) is 23.5 Å². The number of fused-ring (bicyclic) bond motifs is 1. The molecule has 2 rings (SSSR count). The number of nitrogens with one attached hydrogen (secondary N) is 2. The van der Waals surface area contributed by atoms with E-state index < -0.39 is 0 Å². The lowest BCUT2D eigenvalue weighted by Crippen LogP contribution is -2.12. The van der Waals surface area contributed by atoms with Crippen LogP contribution in [0.25, 0.3) is 11.2 Å². The second kappa shape index (κ2) is 3.59. The second-order valence-corrected chi connectivity index (χ2v) is 2.92. The SMILES string of the molecule is CCNCc1nc2ncnc(N)c2[nH]1. The average Bonchev–Trinajstić information content (AvgIpc) is 2.59. The summed E-state index contributed by atoms with van der Waals surface area (Å²) in [6.45, 7) is 3.63. The largest absolute Gasteiger partial charge is 0.382 e. The van der Waals surface area contributed by atoms with Crippen molar-refractivity contribution in [2.75, 3.05) is 12.3 Å². The molecule has 0 spiro atoms. The Hall–Kier alpha value is -1.69. The van der Waals surface area contributed by atoms with Crippen molar-refractivity contribution >= 4 is 17.0 Å². The van der Waals surface area contributed by atoms with Gasteiger partial charge < -0.3 is 16.0 Å². The van der Waals surface area contributed by atoms with Crippen LogP contribution in [0.15, 0.2) is 6.33 Å². The van der Waals surface area contributed by atoms with Gasteiger partial charge in [0.15, 0.2) is 11.5 Å². The fraction of sp³-hybridized carbons (Fsp3) is 0.375. The second-order valence-electron chi connectivity index (χ2n) is 2.92. The highest BCUT2D eigenvalue weighted by atomic mass is 15.1. The first-order chi connectivity index (χ1) is 6.81. The molecule has 2 heterocycles. The van der Waals surface area contributed by atoms with Crippen molar-refractivity contribution in [3.05, 3.63) is 12.2 Å². The number of nitrogen functional groups attached to an aromatic ring is 1. The normalized spacial score (nSPS) is 10.9. The van der Waals surface area contributed by atoms with Gasteiger partial charge in [-0.05, 0) is 6.54 Å². The number of H-pyrrole nitrogens is 1. The number of aromatic amines is 1. The van der Waals surface area contributed by atoms with E-state index in [-0.39, 0.29) is 0 Å². The van der Waals surface area contributed by atoms with Crippen molar-refractivity contribution in [1.29, 1.82) is 0 Å². The van der Waals surface area contributed by atoms with Crippen LogP contribution in [-0.4, -0.2) is 26.5 Å². The lowest BCUT2D eigenvalue weighted by atomic mass is 10.5. The third-order valence-electron chi connectivity index (χ3n) is 1.91. The summed E-state index contributed by atoms with van der Waals surface area (Å²) in [7, 11) is 0. The molecule has 0 bridgehead atoms. The van der Waals surface area contributed by atoms with E-state index in [9.17, 15) is 0 Å². The highest BCUT2D eigenvalue weighted by molar-refractivity contribution is 5.80. The van der Waals surface area contributed by atoms with Crippen LogP contribution in [0.1, 0.15) is 12.7 Å². The standard InChI is InChI=1S/C8H12N6/c1-2-10-3-5-13-6-7(9)11-4-12-8(6)14-5/h4,10H,2-3H2,1H3,(H3,9,11,12,13,14). The molecule has 0 amide bonds. The fourth-order valence-corrected chi connectivity index (χ4v) is 1.22. The summed E-state index contributed by atoms with van der Waals surface area (Å²) >= 11 is 0. The Morgan fingerprint density at radius 1 is 1.50 bits per heavy atom. The summed E-state index contributed by atoms with van der Waals surface area (Å²) in [5.41, 5.74) is 6.98. The van der Waals surface area contributed by atoms with Gasteiger partial charge in [-0.25, -0.2) is 15.0 Å². The molecule has 4 N–H and O–H groups in total. The molecular weight excluding hydrogens is 180 g/mol. The van der Waals surface area contributed by atoms with Crippen LogP contribution in [0.5, 0.6) is 0 Å². The quantitative estimate of drug-likeness (QED) is 0.638. The summed E-state index contributed by atoms with van der Waals surface area (Å²) < 4.78 is 0. The van der Waals surface area contributed by atoms with E-state index in [4.69, 9.17) is 5.73 Å². The van der Waals surface area contributed by atoms with Gasteiger partial charge in [-0.2, -0.15) is 0 Å². The molecule has 0 aromatic carbocycles. The van der Waals surface area contributed by atoms with Gasteiger partial charge in [-0.3, -0.25) is 0 Å². The van der Waals surface area contributed by atoms with Gasteiger partial charge >= 0.3 is 0 Å². The summed E-state index contributed by atoms with van der Waals surface area (Å²) in [5.74, 6) is 1.26. The maximum absolute atomic E-state index is 5.66. The zero-order chi connectivity index (χ0) is 9.97. The van der Waals surface area contributed by atoms with Crippen LogP contribution in [0.2, 0.25) is 0 Å². The molecule has 2 aromatic heterocycles. The minimum Gasteiger partial charge on any atom is -0.382 e. The predicted octanol–water partition coefficient (Wildman–Crippen LogP) is 0.0446. The zero-order valence-electron chi connectivity index (χ0n) is 7.91. The van der Waals surface area contributed by atoms with Gasteiger partial charge in [0, 0.05) is 0 Å². The first-order valence-electron chi connectivity index (χ1n) is 4.47. The number of anilines is 1. The van der Waals surface area contributed by atoms with E-state index in [2.05, 4.69) is 25.3 Å². The minimum absolute atomic E-state index is 0.435. The van der Waals surface area contributed by atoms with Crippen LogP contribution in [0.4, 0.5) is 5.82 Å². The maximum atomic E-state index is 5.66. The number of imidazole rings is 1. The summed E-state index contributed by atoms with van der Waals surface area (Å²) in [4.78, 5) is 15.2. The molecular formula is C8H12N6. The lowest BCUT2D eigenvalue weighted by molar-refractivity contribution is 0.700. The van der Waals surface area contributed by atoms with Crippen LogP contribution >= 0.6 is 0 Å².